The Morgan fingerprint density at radius 2 is 1.79 bits per heavy atom. The molecule has 2 amide bonds. The molecule has 0 aliphatic carbocycles. The Morgan fingerprint density at radius 1 is 1.17 bits per heavy atom. The van der Waals surface area contributed by atoms with Gasteiger partial charge in [-0.3, -0.25) is 0 Å². The SMILES string of the molecule is Cc1cc(F)c(NC(=O)Nc2ccnc(C(F)(F)F)c2F)cc1Br. The summed E-state index contributed by atoms with van der Waals surface area (Å²) in [6.45, 7) is 1.63. The fraction of sp³-hybridized carbons (Fsp3) is 0.143. The van der Waals surface area contributed by atoms with Crippen molar-refractivity contribution in [3.8, 4) is 0 Å². The second kappa shape index (κ2) is 6.71. The molecule has 0 aliphatic heterocycles. The number of nitrogens with one attached hydrogen (secondary N) is 2. The predicted molar refractivity (Wildman–Crippen MR) is 80.7 cm³/mol. The third-order valence-corrected chi connectivity index (χ3v) is 3.76. The number of carbonyl (C=O) groups excluding carboxylic acids is 1. The Hall–Kier alpha value is -2.23. The summed E-state index contributed by atoms with van der Waals surface area (Å²) in [5.74, 6) is -2.48. The molecule has 0 radical (unpaired) electrons. The van der Waals surface area contributed by atoms with Gasteiger partial charge in [0.1, 0.15) is 5.82 Å². The number of urea groups is 1. The van der Waals surface area contributed by atoms with E-state index in [0.29, 0.717) is 16.2 Å². The molecular weight excluding hydrogens is 401 g/mol. The number of carbonyl (C=O) groups is 1. The normalized spacial score (nSPS) is 11.3. The number of halogens is 6. The molecule has 0 atom stereocenters. The lowest BCUT2D eigenvalue weighted by atomic mass is 10.2. The minimum absolute atomic E-state index is 0.226. The van der Waals surface area contributed by atoms with Crippen LogP contribution in [0.25, 0.3) is 0 Å². The van der Waals surface area contributed by atoms with Gasteiger partial charge in [-0.15, -0.1) is 0 Å². The first-order chi connectivity index (χ1) is 11.1. The van der Waals surface area contributed by atoms with Crippen molar-refractivity contribution >= 4 is 33.3 Å². The Balaban J connectivity index is 2.21. The molecule has 0 aliphatic rings. The first-order valence-corrected chi connectivity index (χ1v) is 7.14. The second-order valence-electron chi connectivity index (χ2n) is 4.68. The molecule has 0 bridgehead atoms. The highest BCUT2D eigenvalue weighted by Crippen LogP contribution is 2.32. The Morgan fingerprint density at radius 3 is 2.42 bits per heavy atom. The van der Waals surface area contributed by atoms with Crippen molar-refractivity contribution in [3.63, 3.8) is 0 Å². The molecule has 0 fully saturated rings. The zero-order chi connectivity index (χ0) is 18.1. The molecule has 0 spiro atoms. The maximum Gasteiger partial charge on any atom is 0.436 e. The van der Waals surface area contributed by atoms with Crippen LogP contribution in [0.1, 0.15) is 11.3 Å². The van der Waals surface area contributed by atoms with Crippen molar-refractivity contribution in [3.05, 3.63) is 51.8 Å². The van der Waals surface area contributed by atoms with Gasteiger partial charge in [0.05, 0.1) is 11.4 Å². The average molecular weight is 410 g/mol. The van der Waals surface area contributed by atoms with Crippen LogP contribution in [-0.2, 0) is 6.18 Å². The number of aromatic nitrogens is 1. The van der Waals surface area contributed by atoms with Gasteiger partial charge >= 0.3 is 12.2 Å². The van der Waals surface area contributed by atoms with Crippen LogP contribution in [0.5, 0.6) is 0 Å². The van der Waals surface area contributed by atoms with Gasteiger partial charge in [0, 0.05) is 10.7 Å². The van der Waals surface area contributed by atoms with Gasteiger partial charge < -0.3 is 10.6 Å². The van der Waals surface area contributed by atoms with Crippen LogP contribution in [0.4, 0.5) is 38.1 Å². The first kappa shape index (κ1) is 18.1. The van der Waals surface area contributed by atoms with Crippen molar-refractivity contribution < 1.29 is 26.7 Å². The standard InChI is InChI=1S/C14H9BrF5N3O/c1-6-4-8(16)10(5-7(6)15)23-13(24)22-9-2-3-21-12(11(9)17)14(18,19)20/h2-5H,1H3,(H2,21,22,23,24). The highest BCUT2D eigenvalue weighted by molar-refractivity contribution is 9.10. The number of hydrogen-bond acceptors (Lipinski definition) is 2. The largest absolute Gasteiger partial charge is 0.436 e. The van der Waals surface area contributed by atoms with Crippen LogP contribution in [0.2, 0.25) is 0 Å². The van der Waals surface area contributed by atoms with Crippen LogP contribution >= 0.6 is 15.9 Å². The van der Waals surface area contributed by atoms with E-state index in [-0.39, 0.29) is 5.69 Å². The number of anilines is 2. The minimum atomic E-state index is -5.01. The number of amides is 2. The maximum atomic E-state index is 13.8. The molecule has 2 N–H and O–H groups in total. The fourth-order valence-corrected chi connectivity index (χ4v) is 2.10. The lowest BCUT2D eigenvalue weighted by Gasteiger charge is -2.12. The predicted octanol–water partition coefficient (Wildman–Crippen LogP) is 5.09. The summed E-state index contributed by atoms with van der Waals surface area (Å²) in [7, 11) is 0. The van der Waals surface area contributed by atoms with Gasteiger partial charge in [-0.25, -0.2) is 18.6 Å². The summed E-state index contributed by atoms with van der Waals surface area (Å²) in [6, 6.07) is 2.16. The first-order valence-electron chi connectivity index (χ1n) is 6.35. The van der Waals surface area contributed by atoms with Crippen molar-refractivity contribution in [1.29, 1.82) is 0 Å². The number of aryl methyl sites for hydroxylation is 1. The van der Waals surface area contributed by atoms with Gasteiger partial charge in [-0.1, -0.05) is 15.9 Å². The number of alkyl halides is 3. The van der Waals surface area contributed by atoms with Gasteiger partial charge in [0.25, 0.3) is 0 Å². The molecule has 128 valence electrons. The molecule has 10 heteroatoms. The van der Waals surface area contributed by atoms with Crippen LogP contribution in [0.15, 0.2) is 28.9 Å². The van der Waals surface area contributed by atoms with E-state index >= 15 is 0 Å². The molecule has 24 heavy (non-hydrogen) atoms. The molecule has 1 heterocycles. The Kier molecular flexibility index (Phi) is 5.07. The number of benzene rings is 1. The van der Waals surface area contributed by atoms with E-state index in [9.17, 15) is 26.7 Å². The summed E-state index contributed by atoms with van der Waals surface area (Å²) < 4.78 is 65.7. The van der Waals surface area contributed by atoms with Gasteiger partial charge in [-0.05, 0) is 30.7 Å². The van der Waals surface area contributed by atoms with Gasteiger partial charge in [-0.2, -0.15) is 13.2 Å². The smallest absolute Gasteiger partial charge is 0.305 e. The summed E-state index contributed by atoms with van der Waals surface area (Å²) >= 11 is 3.15. The molecule has 1 aromatic heterocycles. The molecule has 2 aromatic rings. The zero-order valence-electron chi connectivity index (χ0n) is 11.9. The van der Waals surface area contributed by atoms with E-state index < -0.39 is 35.2 Å². The summed E-state index contributed by atoms with van der Waals surface area (Å²) in [5.41, 5.74) is -2.14. The zero-order valence-corrected chi connectivity index (χ0v) is 13.5. The average Bonchev–Trinajstić information content (AvgIpc) is 2.45. The molecule has 0 unspecified atom stereocenters. The third kappa shape index (κ3) is 3.99. The lowest BCUT2D eigenvalue weighted by molar-refractivity contribution is -0.143. The van der Waals surface area contributed by atoms with E-state index in [0.717, 1.165) is 12.1 Å². The number of nitrogens with zero attached hydrogens (tertiary/aromatic N) is 1. The summed E-state index contributed by atoms with van der Waals surface area (Å²) in [4.78, 5) is 14.7. The van der Waals surface area contributed by atoms with Gasteiger partial charge in [0.15, 0.2) is 11.5 Å². The van der Waals surface area contributed by atoms with Crippen molar-refractivity contribution in [2.75, 3.05) is 10.6 Å². The molecule has 0 saturated heterocycles. The third-order valence-electron chi connectivity index (χ3n) is 2.90. The fourth-order valence-electron chi connectivity index (χ4n) is 1.76. The maximum absolute atomic E-state index is 13.8. The van der Waals surface area contributed by atoms with Gasteiger partial charge in [0.2, 0.25) is 0 Å². The number of pyridine rings is 1. The van der Waals surface area contributed by atoms with Crippen molar-refractivity contribution in [1.82, 2.24) is 4.98 Å². The summed E-state index contributed by atoms with van der Waals surface area (Å²) in [6.07, 6.45) is -4.31. The molecule has 4 nitrogen and oxygen atoms in total. The quantitative estimate of drug-likeness (QED) is 0.678. The van der Waals surface area contributed by atoms with E-state index in [4.69, 9.17) is 0 Å². The molecule has 1 aromatic carbocycles. The monoisotopic (exact) mass is 409 g/mol. The minimum Gasteiger partial charge on any atom is -0.305 e. The van der Waals surface area contributed by atoms with Crippen molar-refractivity contribution in [2.45, 2.75) is 13.1 Å². The lowest BCUT2D eigenvalue weighted by Crippen LogP contribution is -2.22. The van der Waals surface area contributed by atoms with Crippen LogP contribution in [0, 0.1) is 18.6 Å². The van der Waals surface area contributed by atoms with Crippen LogP contribution in [0.3, 0.4) is 0 Å². The van der Waals surface area contributed by atoms with Crippen LogP contribution in [-0.4, -0.2) is 11.0 Å². The highest BCUT2D eigenvalue weighted by Gasteiger charge is 2.37. The second-order valence-corrected chi connectivity index (χ2v) is 5.53. The Labute approximate surface area is 141 Å². The Bertz CT molecular complexity index is 795. The van der Waals surface area contributed by atoms with Crippen LogP contribution < -0.4 is 10.6 Å². The molecule has 2 rings (SSSR count). The van der Waals surface area contributed by atoms with E-state index in [1.54, 1.807) is 6.92 Å². The van der Waals surface area contributed by atoms with E-state index in [2.05, 4.69) is 26.2 Å². The van der Waals surface area contributed by atoms with Crippen molar-refractivity contribution in [2.24, 2.45) is 0 Å². The van der Waals surface area contributed by atoms with E-state index in [1.807, 2.05) is 5.32 Å². The number of hydrogen-bond donors (Lipinski definition) is 2. The molecular formula is C14H9BrF5N3O. The molecule has 0 saturated carbocycles. The highest BCUT2D eigenvalue weighted by atomic mass is 79.9. The summed E-state index contributed by atoms with van der Waals surface area (Å²) in [5, 5.41) is 3.97. The van der Waals surface area contributed by atoms with E-state index in [1.165, 1.54) is 6.07 Å². The number of rotatable bonds is 2. The topological polar surface area (TPSA) is 54.0 Å².